The summed E-state index contributed by atoms with van der Waals surface area (Å²) in [5.74, 6) is -2.97. The number of likely N-dealkylation sites (N-methyl/N-ethyl adjacent to an activating group) is 1. The molecule has 0 bridgehead atoms. The maximum Gasteiger partial charge on any atom is 0.317 e. The van der Waals surface area contributed by atoms with Gasteiger partial charge in [-0.25, -0.2) is 9.37 Å². The molecular weight excluding hydrogens is 429 g/mol. The summed E-state index contributed by atoms with van der Waals surface area (Å²) in [5.41, 5.74) is 0.376. The molecule has 1 fully saturated rings. The van der Waals surface area contributed by atoms with Gasteiger partial charge >= 0.3 is 11.8 Å². The van der Waals surface area contributed by atoms with Crippen LogP contribution in [0.3, 0.4) is 0 Å². The maximum atomic E-state index is 13.1. The zero-order valence-corrected chi connectivity index (χ0v) is 17.9. The minimum Gasteiger partial charge on any atom is -0.504 e. The van der Waals surface area contributed by atoms with Crippen LogP contribution in [-0.2, 0) is 16.1 Å². The summed E-state index contributed by atoms with van der Waals surface area (Å²) in [4.78, 5) is 49.2. The fourth-order valence-electron chi connectivity index (χ4n) is 3.68. The van der Waals surface area contributed by atoms with E-state index in [1.54, 1.807) is 12.1 Å². The number of aromatic nitrogens is 2. The lowest BCUT2D eigenvalue weighted by molar-refractivity contribution is -0.143. The highest BCUT2D eigenvalue weighted by Gasteiger charge is 2.30. The highest BCUT2D eigenvalue weighted by molar-refractivity contribution is 6.40. The smallest absolute Gasteiger partial charge is 0.317 e. The minimum atomic E-state index is -0.794. The second kappa shape index (κ2) is 9.19. The van der Waals surface area contributed by atoms with Crippen LogP contribution in [0.4, 0.5) is 10.2 Å². The molecule has 0 atom stereocenters. The van der Waals surface area contributed by atoms with Crippen LogP contribution in [0.15, 0.2) is 42.6 Å². The Balaban J connectivity index is 1.65. The third-order valence-corrected chi connectivity index (χ3v) is 5.49. The number of nitrogens with zero attached hydrogens (tertiary/aromatic N) is 4. The highest BCUT2D eigenvalue weighted by Crippen LogP contribution is 2.32. The van der Waals surface area contributed by atoms with Gasteiger partial charge in [0.2, 0.25) is 0 Å². The molecule has 170 valence electrons. The summed E-state index contributed by atoms with van der Waals surface area (Å²) in [7, 11) is 1.39. The minimum absolute atomic E-state index is 0.0281. The molecule has 3 heterocycles. The Labute approximate surface area is 188 Å². The summed E-state index contributed by atoms with van der Waals surface area (Å²) < 4.78 is 13.1. The van der Waals surface area contributed by atoms with Crippen molar-refractivity contribution in [1.82, 2.24) is 20.2 Å². The first-order valence-electron chi connectivity index (χ1n) is 10.4. The molecule has 0 aliphatic carbocycles. The quantitative estimate of drug-likeness (QED) is 0.586. The van der Waals surface area contributed by atoms with E-state index in [1.807, 2.05) is 0 Å². The molecule has 10 heteroatoms. The van der Waals surface area contributed by atoms with Crippen LogP contribution < -0.4 is 10.2 Å². The van der Waals surface area contributed by atoms with Gasteiger partial charge in [-0.15, -0.1) is 0 Å². The average Bonchev–Trinajstić information content (AvgIpc) is 3.37. The third-order valence-electron chi connectivity index (χ3n) is 5.49. The molecule has 0 saturated carbocycles. The lowest BCUT2D eigenvalue weighted by atomic mass is 10.1. The van der Waals surface area contributed by atoms with E-state index in [0.717, 1.165) is 17.7 Å². The zero-order chi connectivity index (χ0) is 23.5. The van der Waals surface area contributed by atoms with Gasteiger partial charge in [-0.1, -0.05) is 12.1 Å². The molecule has 1 aliphatic rings. The standard InChI is InChI=1S/C23H22FN5O4/c1-28(22(32)23(33)29-11-2-3-12-29)20-16-5-4-10-25-17(16)19(30)18(27-20)21(31)26-13-14-6-8-15(24)9-7-14/h4-10,30H,2-3,11-13H2,1H3,(H,26,31). The van der Waals surface area contributed by atoms with Gasteiger partial charge in [0.25, 0.3) is 5.91 Å². The molecule has 4 rings (SSSR count). The van der Waals surface area contributed by atoms with Crippen molar-refractivity contribution in [3.63, 3.8) is 0 Å². The molecule has 3 aromatic rings. The van der Waals surface area contributed by atoms with Crippen LogP contribution in [0.2, 0.25) is 0 Å². The molecule has 0 unspecified atom stereocenters. The molecule has 0 spiro atoms. The summed E-state index contributed by atoms with van der Waals surface area (Å²) in [5, 5.41) is 13.6. The highest BCUT2D eigenvalue weighted by atomic mass is 19.1. The van der Waals surface area contributed by atoms with Crippen molar-refractivity contribution < 1.29 is 23.9 Å². The molecule has 1 aliphatic heterocycles. The molecule has 1 aromatic carbocycles. The number of benzene rings is 1. The Bertz CT molecular complexity index is 1230. The van der Waals surface area contributed by atoms with Gasteiger partial charge in [-0.05, 0) is 42.7 Å². The van der Waals surface area contributed by atoms with Gasteiger partial charge < -0.3 is 15.3 Å². The third kappa shape index (κ3) is 4.45. The van der Waals surface area contributed by atoms with Crippen molar-refractivity contribution in [2.24, 2.45) is 0 Å². The average molecular weight is 451 g/mol. The van der Waals surface area contributed by atoms with Gasteiger partial charge in [-0.2, -0.15) is 0 Å². The number of nitrogens with one attached hydrogen (secondary N) is 1. The summed E-state index contributed by atoms with van der Waals surface area (Å²) in [6.07, 6.45) is 3.11. The number of pyridine rings is 2. The summed E-state index contributed by atoms with van der Waals surface area (Å²) in [6, 6.07) is 8.77. The summed E-state index contributed by atoms with van der Waals surface area (Å²) >= 11 is 0. The second-order valence-corrected chi connectivity index (χ2v) is 7.70. The molecule has 0 radical (unpaired) electrons. The normalized spacial score (nSPS) is 13.2. The number of fused-ring (bicyclic) bond motifs is 1. The van der Waals surface area contributed by atoms with Crippen LogP contribution in [-0.4, -0.2) is 57.8 Å². The molecule has 33 heavy (non-hydrogen) atoms. The van der Waals surface area contributed by atoms with Gasteiger partial charge in [0.05, 0.1) is 0 Å². The van der Waals surface area contributed by atoms with Crippen molar-refractivity contribution in [1.29, 1.82) is 0 Å². The van der Waals surface area contributed by atoms with Crippen molar-refractivity contribution in [2.75, 3.05) is 25.0 Å². The van der Waals surface area contributed by atoms with Crippen LogP contribution in [0.5, 0.6) is 5.75 Å². The van der Waals surface area contributed by atoms with E-state index < -0.39 is 29.3 Å². The molecule has 3 amide bonds. The Morgan fingerprint density at radius 2 is 1.85 bits per heavy atom. The SMILES string of the molecule is CN(C(=O)C(=O)N1CCCC1)c1nc(C(=O)NCc2ccc(F)cc2)c(O)c2ncccc12. The van der Waals surface area contributed by atoms with Crippen molar-refractivity contribution >= 4 is 34.4 Å². The molecule has 1 saturated heterocycles. The first kappa shape index (κ1) is 22.1. The van der Waals surface area contributed by atoms with Crippen LogP contribution >= 0.6 is 0 Å². The van der Waals surface area contributed by atoms with Crippen LogP contribution in [0.25, 0.3) is 10.9 Å². The predicted octanol–water partition coefficient (Wildman–Crippen LogP) is 1.99. The Morgan fingerprint density at radius 3 is 2.55 bits per heavy atom. The second-order valence-electron chi connectivity index (χ2n) is 7.70. The number of hydrogen-bond donors (Lipinski definition) is 2. The number of hydrogen-bond acceptors (Lipinski definition) is 6. The van der Waals surface area contributed by atoms with Crippen LogP contribution in [0, 0.1) is 5.82 Å². The monoisotopic (exact) mass is 451 g/mol. The molecular formula is C23H22FN5O4. The lowest BCUT2D eigenvalue weighted by Gasteiger charge is -2.22. The van der Waals surface area contributed by atoms with Crippen LogP contribution in [0.1, 0.15) is 28.9 Å². The Morgan fingerprint density at radius 1 is 1.15 bits per heavy atom. The first-order valence-corrected chi connectivity index (χ1v) is 10.4. The van der Waals surface area contributed by atoms with E-state index in [-0.39, 0.29) is 23.6 Å². The molecule has 2 N–H and O–H groups in total. The van der Waals surface area contributed by atoms with Crippen molar-refractivity contribution in [3.05, 3.63) is 59.7 Å². The first-order chi connectivity index (χ1) is 15.9. The largest absolute Gasteiger partial charge is 0.504 e. The van der Waals surface area contributed by atoms with Crippen molar-refractivity contribution in [3.8, 4) is 5.75 Å². The lowest BCUT2D eigenvalue weighted by Crippen LogP contribution is -2.43. The van der Waals surface area contributed by atoms with E-state index in [9.17, 15) is 23.9 Å². The predicted molar refractivity (Wildman–Crippen MR) is 118 cm³/mol. The van der Waals surface area contributed by atoms with E-state index in [4.69, 9.17) is 0 Å². The molecule has 9 nitrogen and oxygen atoms in total. The Hall–Kier alpha value is -4.08. The van der Waals surface area contributed by atoms with Gasteiger partial charge in [0, 0.05) is 38.3 Å². The van der Waals surface area contributed by atoms with E-state index in [2.05, 4.69) is 15.3 Å². The number of anilines is 1. The van der Waals surface area contributed by atoms with Crippen molar-refractivity contribution in [2.45, 2.75) is 19.4 Å². The van der Waals surface area contributed by atoms with Gasteiger partial charge in [0.15, 0.2) is 11.4 Å². The van der Waals surface area contributed by atoms with E-state index in [0.29, 0.717) is 24.0 Å². The number of halogens is 1. The number of carbonyl (C=O) groups excluding carboxylic acids is 3. The van der Waals surface area contributed by atoms with E-state index >= 15 is 0 Å². The Kier molecular flexibility index (Phi) is 6.16. The fourth-order valence-corrected chi connectivity index (χ4v) is 3.68. The van der Waals surface area contributed by atoms with Gasteiger partial charge in [-0.3, -0.25) is 24.3 Å². The number of rotatable bonds is 4. The van der Waals surface area contributed by atoms with E-state index in [1.165, 1.54) is 42.4 Å². The molecule has 2 aromatic heterocycles. The van der Waals surface area contributed by atoms with Gasteiger partial charge in [0.1, 0.15) is 17.2 Å². The number of carbonyl (C=O) groups is 3. The fraction of sp³-hybridized carbons (Fsp3) is 0.261. The number of likely N-dealkylation sites (tertiary alicyclic amines) is 1. The maximum absolute atomic E-state index is 13.1. The topological polar surface area (TPSA) is 116 Å². The zero-order valence-electron chi connectivity index (χ0n) is 17.9. The number of aromatic hydroxyl groups is 1. The number of amides is 3. The summed E-state index contributed by atoms with van der Waals surface area (Å²) in [6.45, 7) is 1.10.